The largest absolute Gasteiger partial charge is 0.455 e. The molecule has 0 saturated carbocycles. The lowest BCUT2D eigenvalue weighted by molar-refractivity contribution is -0.659. The van der Waals surface area contributed by atoms with E-state index in [2.05, 4.69) is 108 Å². The molecule has 0 radical (unpaired) electrons. The zero-order valence-electron chi connectivity index (χ0n) is 21.3. The minimum Gasteiger partial charge on any atom is -0.455 e. The number of aryl methyl sites for hydroxylation is 4. The van der Waals surface area contributed by atoms with Gasteiger partial charge in [0.15, 0.2) is 6.20 Å². The molecule has 0 fully saturated rings. The number of nitrogens with zero attached hydrogens (tertiary/aromatic N) is 1. The lowest BCUT2D eigenvalue weighted by atomic mass is 9.84. The molecule has 0 amide bonds. The van der Waals surface area contributed by atoms with Gasteiger partial charge < -0.3 is 4.74 Å². The second kappa shape index (κ2) is 7.06. The third kappa shape index (κ3) is 2.98. The quantitative estimate of drug-likeness (QED) is 0.183. The molecule has 6 rings (SSSR count). The summed E-state index contributed by atoms with van der Waals surface area (Å²) in [5.41, 5.74) is 7.85. The molecule has 1 aromatic heterocycles. The zero-order valence-corrected chi connectivity index (χ0v) is 21.3. The highest BCUT2D eigenvalue weighted by Gasteiger charge is 2.32. The predicted octanol–water partition coefficient (Wildman–Crippen LogP) is 8.26. The van der Waals surface area contributed by atoms with Gasteiger partial charge in [0.1, 0.15) is 18.5 Å². The number of rotatable bonds is 1. The molecule has 4 aromatic carbocycles. The first-order valence-electron chi connectivity index (χ1n) is 12.2. The van der Waals surface area contributed by atoms with Crippen LogP contribution >= 0.6 is 0 Å². The maximum absolute atomic E-state index is 6.83. The van der Waals surface area contributed by atoms with Gasteiger partial charge in [-0.05, 0) is 71.3 Å². The maximum Gasteiger partial charge on any atom is 0.228 e. The Morgan fingerprint density at radius 3 is 2.35 bits per heavy atom. The first-order chi connectivity index (χ1) is 16.1. The van der Waals surface area contributed by atoms with Crippen molar-refractivity contribution >= 4 is 32.3 Å². The molecule has 1 aliphatic rings. The van der Waals surface area contributed by atoms with Crippen LogP contribution in [-0.4, -0.2) is 0 Å². The molecule has 1 aliphatic heterocycles. The summed E-state index contributed by atoms with van der Waals surface area (Å²) in [6.07, 6.45) is 3.24. The number of hydrogen-bond donors (Lipinski definition) is 0. The van der Waals surface area contributed by atoms with Gasteiger partial charge in [-0.2, -0.15) is 0 Å². The van der Waals surface area contributed by atoms with Gasteiger partial charge in [-0.25, -0.2) is 4.57 Å². The summed E-state index contributed by atoms with van der Waals surface area (Å²) in [6, 6.07) is 18.1. The summed E-state index contributed by atoms with van der Waals surface area (Å²) in [7, 11) is 2.16. The van der Waals surface area contributed by atoms with E-state index < -0.39 is 0 Å². The van der Waals surface area contributed by atoms with E-state index in [0.717, 1.165) is 17.9 Å². The van der Waals surface area contributed by atoms with Gasteiger partial charge in [0.25, 0.3) is 0 Å². The van der Waals surface area contributed by atoms with Crippen molar-refractivity contribution < 1.29 is 9.30 Å². The predicted molar refractivity (Wildman–Crippen MR) is 143 cm³/mol. The molecule has 0 unspecified atom stereocenters. The number of pyridine rings is 1. The van der Waals surface area contributed by atoms with Crippen LogP contribution in [0.1, 0.15) is 43.0 Å². The Bertz CT molecular complexity index is 1670. The van der Waals surface area contributed by atoms with E-state index in [-0.39, 0.29) is 5.41 Å². The van der Waals surface area contributed by atoms with Crippen molar-refractivity contribution in [3.8, 4) is 22.8 Å². The van der Waals surface area contributed by atoms with Gasteiger partial charge in [-0.3, -0.25) is 0 Å². The van der Waals surface area contributed by atoms with E-state index in [1.54, 1.807) is 0 Å². The third-order valence-electron chi connectivity index (χ3n) is 7.43. The summed E-state index contributed by atoms with van der Waals surface area (Å²) in [5, 5.41) is 7.67. The second-order valence-corrected chi connectivity index (χ2v) is 11.3. The van der Waals surface area contributed by atoms with Crippen molar-refractivity contribution in [2.75, 3.05) is 0 Å². The lowest BCUT2D eigenvalue weighted by Gasteiger charge is -2.25. The maximum atomic E-state index is 6.83. The molecule has 34 heavy (non-hydrogen) atoms. The summed E-state index contributed by atoms with van der Waals surface area (Å²) >= 11 is 0. The average Bonchev–Trinajstić information content (AvgIpc) is 2.78. The number of benzene rings is 4. The lowest BCUT2D eigenvalue weighted by Crippen LogP contribution is -2.32. The Morgan fingerprint density at radius 1 is 0.794 bits per heavy atom. The molecule has 0 aliphatic carbocycles. The van der Waals surface area contributed by atoms with Crippen LogP contribution < -0.4 is 9.30 Å². The van der Waals surface area contributed by atoms with E-state index in [0.29, 0.717) is 0 Å². The topological polar surface area (TPSA) is 13.1 Å². The van der Waals surface area contributed by atoms with Gasteiger partial charge in [-0.1, -0.05) is 62.7 Å². The third-order valence-corrected chi connectivity index (χ3v) is 7.43. The van der Waals surface area contributed by atoms with Crippen molar-refractivity contribution in [2.24, 2.45) is 12.5 Å². The molecule has 2 heterocycles. The SMILES string of the molecule is Cc1ccc2c(C)c3c(c(C)c2c1)-c1c2c(cc4c(CC(C)(C)C)cccc4c2cc[n+]1C)O3. The molecule has 0 bridgehead atoms. The Balaban J connectivity index is 1.77. The number of aromatic nitrogens is 1. The van der Waals surface area contributed by atoms with Crippen LogP contribution in [0.3, 0.4) is 0 Å². The fraction of sp³-hybridized carbons (Fsp3) is 0.281. The van der Waals surface area contributed by atoms with Crippen molar-refractivity contribution in [1.82, 2.24) is 0 Å². The highest BCUT2D eigenvalue weighted by atomic mass is 16.5. The number of fused-ring (bicyclic) bond motifs is 5. The molecule has 170 valence electrons. The van der Waals surface area contributed by atoms with Gasteiger partial charge >= 0.3 is 0 Å². The van der Waals surface area contributed by atoms with Crippen LogP contribution in [0.25, 0.3) is 43.6 Å². The standard InChI is InChI=1S/C32H32NO/c1-18-11-12-22-20(3)31-28(19(2)25(22)15-18)30-29-24(13-14-33(30)7)23-10-8-9-21(17-32(4,5)6)26(23)16-27(29)34-31/h8-16H,17H2,1-7H3/q+1. The van der Waals surface area contributed by atoms with Crippen LogP contribution in [0.15, 0.2) is 54.7 Å². The van der Waals surface area contributed by atoms with E-state index >= 15 is 0 Å². The Kier molecular flexibility index (Phi) is 4.39. The Morgan fingerprint density at radius 2 is 1.59 bits per heavy atom. The highest BCUT2D eigenvalue weighted by molar-refractivity contribution is 6.16. The van der Waals surface area contributed by atoms with Crippen LogP contribution in [0.4, 0.5) is 0 Å². The van der Waals surface area contributed by atoms with E-state index in [4.69, 9.17) is 4.74 Å². The van der Waals surface area contributed by atoms with Crippen molar-refractivity contribution in [1.29, 1.82) is 0 Å². The average molecular weight is 447 g/mol. The molecule has 2 nitrogen and oxygen atoms in total. The van der Waals surface area contributed by atoms with Crippen molar-refractivity contribution in [3.05, 3.63) is 77.0 Å². The summed E-state index contributed by atoms with van der Waals surface area (Å²) < 4.78 is 9.10. The minimum absolute atomic E-state index is 0.215. The van der Waals surface area contributed by atoms with E-state index in [1.165, 1.54) is 65.8 Å². The molecular formula is C32H32NO+. The van der Waals surface area contributed by atoms with Crippen LogP contribution in [-0.2, 0) is 13.5 Å². The van der Waals surface area contributed by atoms with Crippen LogP contribution in [0.2, 0.25) is 0 Å². The molecule has 2 heteroatoms. The van der Waals surface area contributed by atoms with E-state index in [1.807, 2.05) is 0 Å². The van der Waals surface area contributed by atoms with Crippen molar-refractivity contribution in [3.63, 3.8) is 0 Å². The normalized spacial score (nSPS) is 12.9. The molecule has 5 aromatic rings. The molecular weight excluding hydrogens is 414 g/mol. The molecule has 0 saturated heterocycles. The molecule has 0 N–H and O–H groups in total. The Labute approximate surface area is 201 Å². The van der Waals surface area contributed by atoms with E-state index in [9.17, 15) is 0 Å². The van der Waals surface area contributed by atoms with Gasteiger partial charge in [0.2, 0.25) is 5.69 Å². The zero-order chi connectivity index (χ0) is 23.9. The number of hydrogen-bond acceptors (Lipinski definition) is 1. The Hall–Kier alpha value is -3.39. The smallest absolute Gasteiger partial charge is 0.228 e. The van der Waals surface area contributed by atoms with Crippen LogP contribution in [0.5, 0.6) is 11.5 Å². The van der Waals surface area contributed by atoms with Crippen molar-refractivity contribution in [2.45, 2.75) is 48.0 Å². The molecule has 0 spiro atoms. The van der Waals surface area contributed by atoms with Crippen LogP contribution in [0, 0.1) is 26.2 Å². The summed E-state index contributed by atoms with van der Waals surface area (Å²) in [6.45, 7) is 13.5. The highest BCUT2D eigenvalue weighted by Crippen LogP contribution is 2.52. The fourth-order valence-electron chi connectivity index (χ4n) is 5.88. The first-order valence-corrected chi connectivity index (χ1v) is 12.2. The summed E-state index contributed by atoms with van der Waals surface area (Å²) in [4.78, 5) is 0. The molecule has 0 atom stereocenters. The van der Waals surface area contributed by atoms with Gasteiger partial charge in [-0.15, -0.1) is 0 Å². The fourth-order valence-corrected chi connectivity index (χ4v) is 5.88. The van der Waals surface area contributed by atoms with Gasteiger partial charge in [0.05, 0.1) is 10.9 Å². The first kappa shape index (κ1) is 21.2. The summed E-state index contributed by atoms with van der Waals surface area (Å²) in [5.74, 6) is 1.97. The minimum atomic E-state index is 0.215. The number of ether oxygens (including phenoxy) is 1. The monoisotopic (exact) mass is 446 g/mol. The second-order valence-electron chi connectivity index (χ2n) is 11.3. The van der Waals surface area contributed by atoms with Gasteiger partial charge in [0, 0.05) is 17.0 Å².